The minimum Gasteiger partial charge on any atom is -0.220 e. The topological polar surface area (TPSA) is 30.7 Å². The highest BCUT2D eigenvalue weighted by molar-refractivity contribution is 5.32. The van der Waals surface area contributed by atoms with Crippen LogP contribution in [-0.4, -0.2) is 14.8 Å². The van der Waals surface area contributed by atoms with Crippen molar-refractivity contribution in [1.29, 1.82) is 0 Å². The Balaban J connectivity index is 2.52. The molecule has 0 unspecified atom stereocenters. The van der Waals surface area contributed by atoms with E-state index in [1.165, 1.54) is 23.1 Å². The zero-order valence-corrected chi connectivity index (χ0v) is 7.41. The summed E-state index contributed by atoms with van der Waals surface area (Å²) in [6.07, 6.45) is 1.38. The van der Waals surface area contributed by atoms with Gasteiger partial charge in [-0.05, 0) is 19.1 Å². The second-order valence-electron chi connectivity index (χ2n) is 2.83. The third-order valence-electron chi connectivity index (χ3n) is 1.76. The van der Waals surface area contributed by atoms with Crippen LogP contribution >= 0.6 is 0 Å². The van der Waals surface area contributed by atoms with Crippen LogP contribution in [0.1, 0.15) is 5.82 Å². The molecule has 2 aromatic rings. The molecular weight excluding hydrogens is 188 g/mol. The van der Waals surface area contributed by atoms with Gasteiger partial charge in [0.25, 0.3) is 0 Å². The molecule has 0 fully saturated rings. The van der Waals surface area contributed by atoms with E-state index < -0.39 is 11.6 Å². The largest absolute Gasteiger partial charge is 0.220 e. The summed E-state index contributed by atoms with van der Waals surface area (Å²) in [4.78, 5) is 3.85. The van der Waals surface area contributed by atoms with Crippen molar-refractivity contribution in [2.75, 3.05) is 0 Å². The Morgan fingerprint density at radius 3 is 2.64 bits per heavy atom. The molecule has 1 aromatic heterocycles. The molecule has 3 nitrogen and oxygen atoms in total. The minimum absolute atomic E-state index is 0.187. The van der Waals surface area contributed by atoms with E-state index in [0.29, 0.717) is 5.82 Å². The predicted molar refractivity (Wildman–Crippen MR) is 46.0 cm³/mol. The number of benzene rings is 1. The van der Waals surface area contributed by atoms with Crippen LogP contribution in [0.25, 0.3) is 5.69 Å². The van der Waals surface area contributed by atoms with Crippen molar-refractivity contribution in [2.24, 2.45) is 0 Å². The summed E-state index contributed by atoms with van der Waals surface area (Å²) in [7, 11) is 0. The third-order valence-corrected chi connectivity index (χ3v) is 1.76. The molecule has 0 aliphatic rings. The Kier molecular flexibility index (Phi) is 1.99. The summed E-state index contributed by atoms with van der Waals surface area (Å²) >= 11 is 0. The lowest BCUT2D eigenvalue weighted by molar-refractivity contribution is 0.573. The molecule has 0 bridgehead atoms. The van der Waals surface area contributed by atoms with Crippen LogP contribution in [0.4, 0.5) is 8.78 Å². The molecule has 0 saturated carbocycles. The molecule has 0 spiro atoms. The number of nitrogens with zero attached hydrogens (tertiary/aromatic N) is 3. The van der Waals surface area contributed by atoms with E-state index in [-0.39, 0.29) is 5.69 Å². The summed E-state index contributed by atoms with van der Waals surface area (Å²) in [5.41, 5.74) is 0.187. The standard InChI is InChI=1S/C9H7F2N3/c1-6-12-5-14(13-6)9-3-2-7(10)4-8(9)11/h2-5H,1H3. The number of hydrogen-bond acceptors (Lipinski definition) is 2. The molecule has 0 aliphatic heterocycles. The molecule has 2 rings (SSSR count). The first kappa shape index (κ1) is 8.80. The number of halogens is 2. The predicted octanol–water partition coefficient (Wildman–Crippen LogP) is 1.85. The monoisotopic (exact) mass is 195 g/mol. The summed E-state index contributed by atoms with van der Waals surface area (Å²) in [6, 6.07) is 3.31. The zero-order valence-electron chi connectivity index (χ0n) is 7.41. The van der Waals surface area contributed by atoms with Crippen molar-refractivity contribution in [3.8, 4) is 5.69 Å². The summed E-state index contributed by atoms with van der Waals surface area (Å²) in [6.45, 7) is 1.69. The lowest BCUT2D eigenvalue weighted by Crippen LogP contribution is -1.98. The molecule has 1 heterocycles. The molecule has 0 radical (unpaired) electrons. The van der Waals surface area contributed by atoms with Gasteiger partial charge in [0.05, 0.1) is 0 Å². The van der Waals surface area contributed by atoms with Crippen LogP contribution in [0.5, 0.6) is 0 Å². The molecule has 72 valence electrons. The molecule has 0 N–H and O–H groups in total. The molecule has 0 atom stereocenters. The van der Waals surface area contributed by atoms with Gasteiger partial charge < -0.3 is 0 Å². The van der Waals surface area contributed by atoms with Crippen molar-refractivity contribution in [3.05, 3.63) is 42.0 Å². The van der Waals surface area contributed by atoms with Gasteiger partial charge in [-0.25, -0.2) is 18.4 Å². The zero-order chi connectivity index (χ0) is 10.1. The van der Waals surface area contributed by atoms with E-state index >= 15 is 0 Å². The number of aryl methyl sites for hydroxylation is 1. The highest BCUT2D eigenvalue weighted by Crippen LogP contribution is 2.13. The molecule has 5 heteroatoms. The SMILES string of the molecule is Cc1ncn(-c2ccc(F)cc2F)n1. The van der Waals surface area contributed by atoms with Gasteiger partial charge in [0, 0.05) is 6.07 Å². The van der Waals surface area contributed by atoms with Crippen LogP contribution in [0, 0.1) is 18.6 Å². The van der Waals surface area contributed by atoms with E-state index in [1.807, 2.05) is 0 Å². The van der Waals surface area contributed by atoms with Crippen LogP contribution < -0.4 is 0 Å². The fourth-order valence-corrected chi connectivity index (χ4v) is 1.13. The van der Waals surface area contributed by atoms with Gasteiger partial charge in [-0.2, -0.15) is 5.10 Å². The van der Waals surface area contributed by atoms with Gasteiger partial charge in [-0.1, -0.05) is 0 Å². The first-order valence-corrected chi connectivity index (χ1v) is 4.00. The summed E-state index contributed by atoms with van der Waals surface area (Å²) < 4.78 is 27.1. The highest BCUT2D eigenvalue weighted by atomic mass is 19.1. The van der Waals surface area contributed by atoms with E-state index in [2.05, 4.69) is 10.1 Å². The van der Waals surface area contributed by atoms with Crippen molar-refractivity contribution in [1.82, 2.24) is 14.8 Å². The molecule has 0 aliphatic carbocycles. The Bertz CT molecular complexity index is 465. The number of rotatable bonds is 1. The normalized spacial score (nSPS) is 10.5. The number of aromatic nitrogens is 3. The fourth-order valence-electron chi connectivity index (χ4n) is 1.13. The second-order valence-corrected chi connectivity index (χ2v) is 2.83. The molecule has 0 saturated heterocycles. The molecule has 14 heavy (non-hydrogen) atoms. The maximum Gasteiger partial charge on any atom is 0.151 e. The lowest BCUT2D eigenvalue weighted by atomic mass is 10.3. The Hall–Kier alpha value is -1.78. The van der Waals surface area contributed by atoms with Gasteiger partial charge in [0.15, 0.2) is 5.82 Å². The van der Waals surface area contributed by atoms with Crippen molar-refractivity contribution in [3.63, 3.8) is 0 Å². The van der Waals surface area contributed by atoms with Gasteiger partial charge in [0.2, 0.25) is 0 Å². The average Bonchev–Trinajstić information content (AvgIpc) is 2.51. The minimum atomic E-state index is -0.658. The van der Waals surface area contributed by atoms with Crippen LogP contribution in [0.2, 0.25) is 0 Å². The average molecular weight is 195 g/mol. The Morgan fingerprint density at radius 1 is 1.29 bits per heavy atom. The Morgan fingerprint density at radius 2 is 2.07 bits per heavy atom. The third kappa shape index (κ3) is 1.48. The Labute approximate surface area is 79.0 Å². The summed E-state index contributed by atoms with van der Waals surface area (Å²) in [5.74, 6) is -0.730. The molecule has 0 amide bonds. The second kappa shape index (κ2) is 3.17. The lowest BCUT2D eigenvalue weighted by Gasteiger charge is -2.01. The molecule has 1 aromatic carbocycles. The molecular formula is C9H7F2N3. The van der Waals surface area contributed by atoms with Crippen molar-refractivity contribution < 1.29 is 8.78 Å². The number of hydrogen-bond donors (Lipinski definition) is 0. The fraction of sp³-hybridized carbons (Fsp3) is 0.111. The smallest absolute Gasteiger partial charge is 0.151 e. The van der Waals surface area contributed by atoms with Gasteiger partial charge >= 0.3 is 0 Å². The summed E-state index contributed by atoms with van der Waals surface area (Å²) in [5, 5.41) is 3.91. The first-order chi connectivity index (χ1) is 6.66. The maximum atomic E-state index is 13.2. The van der Waals surface area contributed by atoms with Gasteiger partial charge in [-0.15, -0.1) is 0 Å². The van der Waals surface area contributed by atoms with E-state index in [1.54, 1.807) is 6.92 Å². The van der Waals surface area contributed by atoms with E-state index in [4.69, 9.17) is 0 Å². The highest BCUT2D eigenvalue weighted by Gasteiger charge is 2.06. The van der Waals surface area contributed by atoms with Gasteiger partial charge in [0.1, 0.15) is 23.7 Å². The van der Waals surface area contributed by atoms with Gasteiger partial charge in [-0.3, -0.25) is 0 Å². The maximum absolute atomic E-state index is 13.2. The van der Waals surface area contributed by atoms with E-state index in [9.17, 15) is 8.78 Å². The van der Waals surface area contributed by atoms with Crippen molar-refractivity contribution >= 4 is 0 Å². The van der Waals surface area contributed by atoms with Crippen LogP contribution in [0.15, 0.2) is 24.5 Å². The van der Waals surface area contributed by atoms with Crippen molar-refractivity contribution in [2.45, 2.75) is 6.92 Å². The van der Waals surface area contributed by atoms with Crippen LogP contribution in [0.3, 0.4) is 0 Å². The quantitative estimate of drug-likeness (QED) is 0.695. The first-order valence-electron chi connectivity index (χ1n) is 4.00. The van der Waals surface area contributed by atoms with Crippen LogP contribution in [-0.2, 0) is 0 Å². The van der Waals surface area contributed by atoms with E-state index in [0.717, 1.165) is 6.07 Å².